The van der Waals surface area contributed by atoms with Gasteiger partial charge in [0, 0.05) is 38.3 Å². The van der Waals surface area contributed by atoms with Crippen molar-refractivity contribution >= 4 is 11.6 Å². The van der Waals surface area contributed by atoms with Crippen LogP contribution in [0.15, 0.2) is 48.5 Å². The highest BCUT2D eigenvalue weighted by Crippen LogP contribution is 2.43. The predicted octanol–water partition coefficient (Wildman–Crippen LogP) is 4.30. The monoisotopic (exact) mass is 420 g/mol. The molecule has 31 heavy (non-hydrogen) atoms. The van der Waals surface area contributed by atoms with Crippen LogP contribution in [-0.4, -0.2) is 54.1 Å². The molecule has 1 atom stereocenters. The van der Waals surface area contributed by atoms with Crippen molar-refractivity contribution in [1.82, 2.24) is 9.80 Å². The minimum atomic E-state index is -1.46. The number of hydrogen-bond acceptors (Lipinski definition) is 4. The number of fused-ring (bicyclic) bond motifs is 1. The van der Waals surface area contributed by atoms with Gasteiger partial charge in [-0.3, -0.25) is 14.5 Å². The number of hydrogen-bond donors (Lipinski definition) is 0. The van der Waals surface area contributed by atoms with Gasteiger partial charge in [0.25, 0.3) is 0 Å². The third kappa shape index (κ3) is 3.35. The molecule has 0 radical (unpaired) electrons. The van der Waals surface area contributed by atoms with Gasteiger partial charge >= 0.3 is 0 Å². The molecule has 1 unspecified atom stereocenters. The molecule has 4 nitrogen and oxygen atoms in total. The van der Waals surface area contributed by atoms with Gasteiger partial charge in [-0.15, -0.1) is 0 Å². The molecule has 1 saturated carbocycles. The maximum absolute atomic E-state index is 14.7. The van der Waals surface area contributed by atoms with Crippen LogP contribution in [0.2, 0.25) is 0 Å². The van der Waals surface area contributed by atoms with Gasteiger partial charge in [0.1, 0.15) is 5.82 Å². The number of rotatable bonds is 4. The van der Waals surface area contributed by atoms with Gasteiger partial charge in [0.15, 0.2) is 17.1 Å². The molecule has 2 aliphatic carbocycles. The van der Waals surface area contributed by atoms with Crippen molar-refractivity contribution in [3.8, 4) is 0 Å². The summed E-state index contributed by atoms with van der Waals surface area (Å²) in [5, 5.41) is 0. The summed E-state index contributed by atoms with van der Waals surface area (Å²) < 4.78 is 14.7. The zero-order valence-electron chi connectivity index (χ0n) is 17.9. The Balaban J connectivity index is 1.45. The molecular formula is C26H29FN2O2. The molecule has 3 aliphatic rings. The van der Waals surface area contributed by atoms with E-state index in [0.717, 1.165) is 25.6 Å². The van der Waals surface area contributed by atoms with Crippen LogP contribution in [0, 0.1) is 11.7 Å². The van der Waals surface area contributed by atoms with E-state index in [2.05, 4.69) is 4.90 Å². The van der Waals surface area contributed by atoms with Crippen molar-refractivity contribution in [3.05, 3.63) is 71.0 Å². The van der Waals surface area contributed by atoms with Crippen LogP contribution in [0.5, 0.6) is 0 Å². The topological polar surface area (TPSA) is 40.6 Å². The van der Waals surface area contributed by atoms with E-state index in [4.69, 9.17) is 0 Å². The first-order valence-corrected chi connectivity index (χ1v) is 11.5. The summed E-state index contributed by atoms with van der Waals surface area (Å²) >= 11 is 0. The van der Waals surface area contributed by atoms with Crippen molar-refractivity contribution in [2.75, 3.05) is 32.7 Å². The molecule has 1 aliphatic heterocycles. The molecule has 162 valence electrons. The molecule has 0 spiro atoms. The molecule has 0 aromatic heterocycles. The Morgan fingerprint density at radius 1 is 0.839 bits per heavy atom. The fourth-order valence-corrected chi connectivity index (χ4v) is 5.84. The van der Waals surface area contributed by atoms with E-state index < -0.39 is 17.1 Å². The maximum Gasteiger partial charge on any atom is 0.199 e. The molecule has 5 heteroatoms. The fourth-order valence-electron chi connectivity index (χ4n) is 5.84. The van der Waals surface area contributed by atoms with Crippen LogP contribution in [0.1, 0.15) is 58.4 Å². The van der Waals surface area contributed by atoms with Crippen LogP contribution in [-0.2, 0) is 5.54 Å². The summed E-state index contributed by atoms with van der Waals surface area (Å²) in [6, 6.07) is 13.6. The third-order valence-electron chi connectivity index (χ3n) is 7.42. The van der Waals surface area contributed by atoms with Gasteiger partial charge in [-0.2, -0.15) is 0 Å². The number of carbonyl (C=O) groups is 2. The summed E-state index contributed by atoms with van der Waals surface area (Å²) in [4.78, 5) is 31.9. The number of Topliss-reactive ketones (excluding diaryl/α,β-unsaturated/α-hetero) is 2. The van der Waals surface area contributed by atoms with E-state index >= 15 is 0 Å². The second-order valence-corrected chi connectivity index (χ2v) is 9.19. The molecule has 0 amide bonds. The average Bonchev–Trinajstić information content (AvgIpc) is 3.04. The van der Waals surface area contributed by atoms with Gasteiger partial charge in [-0.05, 0) is 30.4 Å². The quantitative estimate of drug-likeness (QED) is 0.692. The zero-order valence-corrected chi connectivity index (χ0v) is 17.9. The van der Waals surface area contributed by atoms with Crippen LogP contribution >= 0.6 is 0 Å². The molecule has 0 N–H and O–H groups in total. The summed E-state index contributed by atoms with van der Waals surface area (Å²) in [7, 11) is 0. The van der Waals surface area contributed by atoms with E-state index in [1.54, 1.807) is 6.07 Å². The Bertz CT molecular complexity index is 978. The third-order valence-corrected chi connectivity index (χ3v) is 7.42. The van der Waals surface area contributed by atoms with Gasteiger partial charge in [-0.1, -0.05) is 61.7 Å². The number of piperazine rings is 1. The highest BCUT2D eigenvalue weighted by molar-refractivity contribution is 6.33. The second kappa shape index (κ2) is 8.29. The van der Waals surface area contributed by atoms with E-state index in [1.165, 1.54) is 44.2 Å². The minimum absolute atomic E-state index is 0.0546. The number of ketones is 2. The lowest BCUT2D eigenvalue weighted by Gasteiger charge is -2.44. The SMILES string of the molecule is O=C1c2cccc(F)c2C(=O)C1(c1ccccc1)N1CCN(CC2CCCCC2)CC1. The highest BCUT2D eigenvalue weighted by atomic mass is 19.1. The van der Waals surface area contributed by atoms with Crippen LogP contribution < -0.4 is 0 Å². The number of benzene rings is 2. The van der Waals surface area contributed by atoms with Gasteiger partial charge < -0.3 is 4.90 Å². The fraction of sp³-hybridized carbons (Fsp3) is 0.462. The van der Waals surface area contributed by atoms with Crippen molar-refractivity contribution in [3.63, 3.8) is 0 Å². The lowest BCUT2D eigenvalue weighted by Crippen LogP contribution is -2.60. The Morgan fingerprint density at radius 3 is 2.23 bits per heavy atom. The highest BCUT2D eigenvalue weighted by Gasteiger charge is 2.59. The molecule has 1 saturated heterocycles. The Hall–Kier alpha value is -2.37. The first-order valence-electron chi connectivity index (χ1n) is 11.5. The molecule has 0 bridgehead atoms. The van der Waals surface area contributed by atoms with Crippen LogP contribution in [0.4, 0.5) is 4.39 Å². The maximum atomic E-state index is 14.7. The zero-order chi connectivity index (χ0) is 21.4. The predicted molar refractivity (Wildman–Crippen MR) is 118 cm³/mol. The summed E-state index contributed by atoms with van der Waals surface area (Å²) in [5.41, 5.74) is -0.663. The van der Waals surface area contributed by atoms with E-state index in [9.17, 15) is 14.0 Å². The molecule has 2 aromatic rings. The largest absolute Gasteiger partial charge is 0.301 e. The first kappa shape index (κ1) is 20.5. The first-order chi connectivity index (χ1) is 15.1. The summed E-state index contributed by atoms with van der Waals surface area (Å²) in [6.07, 6.45) is 6.62. The van der Waals surface area contributed by atoms with Crippen LogP contribution in [0.25, 0.3) is 0 Å². The van der Waals surface area contributed by atoms with Gasteiger partial charge in [0.05, 0.1) is 5.56 Å². The van der Waals surface area contributed by atoms with E-state index in [-0.39, 0.29) is 16.9 Å². The van der Waals surface area contributed by atoms with Crippen molar-refractivity contribution in [1.29, 1.82) is 0 Å². The van der Waals surface area contributed by atoms with Gasteiger partial charge in [-0.25, -0.2) is 4.39 Å². The Morgan fingerprint density at radius 2 is 1.55 bits per heavy atom. The van der Waals surface area contributed by atoms with Crippen LogP contribution in [0.3, 0.4) is 0 Å². The number of halogens is 1. The second-order valence-electron chi connectivity index (χ2n) is 9.19. The molecule has 1 heterocycles. The minimum Gasteiger partial charge on any atom is -0.301 e. The summed E-state index contributed by atoms with van der Waals surface area (Å²) in [6.45, 7) is 3.99. The lowest BCUT2D eigenvalue weighted by molar-refractivity contribution is 0.0255. The molecule has 5 rings (SSSR count). The average molecular weight is 421 g/mol. The van der Waals surface area contributed by atoms with Gasteiger partial charge in [0.2, 0.25) is 0 Å². The molecular weight excluding hydrogens is 391 g/mol. The smallest absolute Gasteiger partial charge is 0.199 e. The number of carbonyl (C=O) groups excluding carboxylic acids is 2. The standard InChI is InChI=1S/C26H29FN2O2/c27-22-13-7-12-21-23(22)25(31)26(24(21)30,20-10-5-2-6-11-20)29-16-14-28(15-17-29)18-19-8-3-1-4-9-19/h2,5-7,10-13,19H,1,3-4,8-9,14-18H2. The molecule has 2 fully saturated rings. The normalized spacial score (nSPS) is 25.7. The van der Waals surface area contributed by atoms with E-state index in [0.29, 0.717) is 18.7 Å². The molecule has 2 aromatic carbocycles. The van der Waals surface area contributed by atoms with Crippen molar-refractivity contribution in [2.24, 2.45) is 5.92 Å². The van der Waals surface area contributed by atoms with Crippen molar-refractivity contribution in [2.45, 2.75) is 37.6 Å². The van der Waals surface area contributed by atoms with Crippen molar-refractivity contribution < 1.29 is 14.0 Å². The number of nitrogens with zero attached hydrogens (tertiary/aromatic N) is 2. The Kier molecular flexibility index (Phi) is 5.49. The van der Waals surface area contributed by atoms with E-state index in [1.807, 2.05) is 35.2 Å². The Labute approximate surface area is 183 Å². The summed E-state index contributed by atoms with van der Waals surface area (Å²) in [5.74, 6) is -0.558. The lowest BCUT2D eigenvalue weighted by atomic mass is 9.82.